The molecule has 0 spiro atoms. The Morgan fingerprint density at radius 2 is 2.46 bits per heavy atom. The zero-order valence-electron chi connectivity index (χ0n) is 7.94. The molecule has 0 radical (unpaired) electrons. The second-order valence-electron chi connectivity index (χ2n) is 4.02. The average molecular weight is 177 g/mol. The van der Waals surface area contributed by atoms with Crippen LogP contribution in [-0.2, 0) is 6.54 Å². The topological polar surface area (TPSA) is 22.0 Å². The Bertz CT molecular complexity index is 299. The van der Waals surface area contributed by atoms with Gasteiger partial charge in [-0.15, -0.1) is 0 Å². The molecule has 0 saturated heterocycles. The highest BCUT2D eigenvalue weighted by molar-refractivity contribution is 5.72. The molecule has 2 nitrogen and oxygen atoms in total. The van der Waals surface area contributed by atoms with Crippen molar-refractivity contribution in [2.24, 2.45) is 11.8 Å². The number of nitrogens with zero attached hydrogens (tertiary/aromatic N) is 1. The van der Waals surface area contributed by atoms with E-state index < -0.39 is 0 Å². The van der Waals surface area contributed by atoms with Crippen LogP contribution in [0.25, 0.3) is 0 Å². The molecule has 0 aliphatic heterocycles. The quantitative estimate of drug-likeness (QED) is 0.647. The number of carbonyl (C=O) groups is 1. The molecule has 0 aromatic carbocycles. The normalized spacial score (nSPS) is 18.5. The Balaban J connectivity index is 2.03. The van der Waals surface area contributed by atoms with Gasteiger partial charge in [-0.2, -0.15) is 0 Å². The third kappa shape index (κ3) is 1.82. The van der Waals surface area contributed by atoms with Crippen molar-refractivity contribution in [1.29, 1.82) is 0 Å². The first kappa shape index (κ1) is 8.54. The maximum Gasteiger partial charge on any atom is 0.166 e. The van der Waals surface area contributed by atoms with Crippen molar-refractivity contribution in [3.8, 4) is 0 Å². The molecule has 0 N–H and O–H groups in total. The predicted octanol–water partition coefficient (Wildman–Crippen LogP) is 2.35. The standard InChI is InChI=1S/C11H15NO/c1-9(10-4-5-10)7-12-6-2-3-11(12)8-13/h2-3,6,8-10H,4-5,7H2,1H3. The van der Waals surface area contributed by atoms with Crippen molar-refractivity contribution < 1.29 is 4.79 Å². The summed E-state index contributed by atoms with van der Waals surface area (Å²) >= 11 is 0. The molecular formula is C11H15NO. The van der Waals surface area contributed by atoms with Gasteiger partial charge in [-0.1, -0.05) is 6.92 Å². The highest BCUT2D eigenvalue weighted by atomic mass is 16.1. The van der Waals surface area contributed by atoms with Gasteiger partial charge in [-0.3, -0.25) is 4.79 Å². The van der Waals surface area contributed by atoms with E-state index in [1.807, 2.05) is 18.3 Å². The van der Waals surface area contributed by atoms with Crippen molar-refractivity contribution in [2.75, 3.05) is 0 Å². The van der Waals surface area contributed by atoms with Gasteiger partial charge in [-0.25, -0.2) is 0 Å². The molecule has 0 amide bonds. The third-order valence-electron chi connectivity index (χ3n) is 2.90. The van der Waals surface area contributed by atoms with Crippen LogP contribution in [0.2, 0.25) is 0 Å². The van der Waals surface area contributed by atoms with Crippen molar-refractivity contribution in [2.45, 2.75) is 26.3 Å². The number of aromatic nitrogens is 1. The van der Waals surface area contributed by atoms with E-state index in [-0.39, 0.29) is 0 Å². The van der Waals surface area contributed by atoms with E-state index >= 15 is 0 Å². The minimum absolute atomic E-state index is 0.714. The number of carbonyl (C=O) groups excluding carboxylic acids is 1. The third-order valence-corrected chi connectivity index (χ3v) is 2.90. The molecule has 1 heterocycles. The fraction of sp³-hybridized carbons (Fsp3) is 0.545. The summed E-state index contributed by atoms with van der Waals surface area (Å²) in [6, 6.07) is 3.80. The summed E-state index contributed by atoms with van der Waals surface area (Å²) in [5, 5.41) is 0. The summed E-state index contributed by atoms with van der Waals surface area (Å²) < 4.78 is 2.05. The Hall–Kier alpha value is -1.05. The SMILES string of the molecule is CC(Cn1cccc1C=O)C1CC1. The summed E-state index contributed by atoms with van der Waals surface area (Å²) in [5.74, 6) is 1.62. The molecule has 1 aliphatic carbocycles. The van der Waals surface area contributed by atoms with Crippen LogP contribution in [0.5, 0.6) is 0 Å². The minimum Gasteiger partial charge on any atom is -0.345 e. The molecule has 1 fully saturated rings. The van der Waals surface area contributed by atoms with Crippen molar-refractivity contribution >= 4 is 6.29 Å². The van der Waals surface area contributed by atoms with Gasteiger partial charge in [0.1, 0.15) is 0 Å². The van der Waals surface area contributed by atoms with Gasteiger partial charge >= 0.3 is 0 Å². The summed E-state index contributed by atoms with van der Waals surface area (Å²) in [4.78, 5) is 10.6. The second-order valence-corrected chi connectivity index (χ2v) is 4.02. The number of aldehydes is 1. The molecule has 0 bridgehead atoms. The molecular weight excluding hydrogens is 162 g/mol. The van der Waals surface area contributed by atoms with E-state index in [2.05, 4.69) is 11.5 Å². The molecule has 1 atom stereocenters. The van der Waals surface area contributed by atoms with Gasteiger partial charge in [-0.05, 0) is 36.8 Å². The Morgan fingerprint density at radius 3 is 3.08 bits per heavy atom. The van der Waals surface area contributed by atoms with Gasteiger partial charge in [0.25, 0.3) is 0 Å². The van der Waals surface area contributed by atoms with Crippen LogP contribution in [0, 0.1) is 11.8 Å². The van der Waals surface area contributed by atoms with Crippen LogP contribution >= 0.6 is 0 Å². The Kier molecular flexibility index (Phi) is 2.21. The monoisotopic (exact) mass is 177 g/mol. The predicted molar refractivity (Wildman–Crippen MR) is 51.7 cm³/mol. The van der Waals surface area contributed by atoms with E-state index in [0.29, 0.717) is 5.92 Å². The summed E-state index contributed by atoms with van der Waals surface area (Å²) in [6.07, 6.45) is 5.67. The maximum absolute atomic E-state index is 10.6. The molecule has 1 aromatic rings. The van der Waals surface area contributed by atoms with Gasteiger partial charge in [0.05, 0.1) is 5.69 Å². The van der Waals surface area contributed by atoms with Gasteiger partial charge < -0.3 is 4.57 Å². The fourth-order valence-corrected chi connectivity index (χ4v) is 1.83. The Labute approximate surface area is 78.6 Å². The van der Waals surface area contributed by atoms with Crippen LogP contribution in [0.3, 0.4) is 0 Å². The molecule has 2 heteroatoms. The molecule has 70 valence electrons. The summed E-state index contributed by atoms with van der Waals surface area (Å²) in [6.45, 7) is 3.26. The number of hydrogen-bond donors (Lipinski definition) is 0. The van der Waals surface area contributed by atoms with E-state index in [1.165, 1.54) is 12.8 Å². The lowest BCUT2D eigenvalue weighted by Crippen LogP contribution is -2.10. The van der Waals surface area contributed by atoms with Crippen LogP contribution in [-0.4, -0.2) is 10.9 Å². The highest BCUT2D eigenvalue weighted by Gasteiger charge is 2.27. The van der Waals surface area contributed by atoms with E-state index in [4.69, 9.17) is 0 Å². The lowest BCUT2D eigenvalue weighted by molar-refractivity contribution is 0.111. The molecule has 2 rings (SSSR count). The second kappa shape index (κ2) is 3.36. The maximum atomic E-state index is 10.6. The zero-order valence-corrected chi connectivity index (χ0v) is 7.94. The first-order valence-electron chi connectivity index (χ1n) is 4.91. The van der Waals surface area contributed by atoms with E-state index in [1.54, 1.807) is 0 Å². The largest absolute Gasteiger partial charge is 0.345 e. The van der Waals surface area contributed by atoms with Crippen molar-refractivity contribution in [1.82, 2.24) is 4.57 Å². The van der Waals surface area contributed by atoms with Crippen LogP contribution in [0.4, 0.5) is 0 Å². The molecule has 1 aromatic heterocycles. The van der Waals surface area contributed by atoms with Gasteiger partial charge in [0, 0.05) is 12.7 Å². The molecule has 1 aliphatic rings. The first-order valence-corrected chi connectivity index (χ1v) is 4.91. The average Bonchev–Trinajstić information content (AvgIpc) is 2.88. The zero-order chi connectivity index (χ0) is 9.26. The van der Waals surface area contributed by atoms with Crippen molar-refractivity contribution in [3.63, 3.8) is 0 Å². The van der Waals surface area contributed by atoms with Gasteiger partial charge in [0.2, 0.25) is 0 Å². The van der Waals surface area contributed by atoms with Crippen molar-refractivity contribution in [3.05, 3.63) is 24.0 Å². The summed E-state index contributed by atoms with van der Waals surface area (Å²) in [7, 11) is 0. The van der Waals surface area contributed by atoms with Gasteiger partial charge in [0.15, 0.2) is 6.29 Å². The number of hydrogen-bond acceptors (Lipinski definition) is 1. The van der Waals surface area contributed by atoms with Crippen LogP contribution < -0.4 is 0 Å². The van der Waals surface area contributed by atoms with Crippen LogP contribution in [0.1, 0.15) is 30.3 Å². The number of rotatable bonds is 4. The minimum atomic E-state index is 0.714. The molecule has 13 heavy (non-hydrogen) atoms. The first-order chi connectivity index (χ1) is 6.31. The Morgan fingerprint density at radius 1 is 1.69 bits per heavy atom. The lowest BCUT2D eigenvalue weighted by Gasteiger charge is -2.12. The summed E-state index contributed by atoms with van der Waals surface area (Å²) in [5.41, 5.74) is 0.799. The molecule has 1 saturated carbocycles. The lowest BCUT2D eigenvalue weighted by atomic mass is 10.1. The van der Waals surface area contributed by atoms with E-state index in [9.17, 15) is 4.79 Å². The smallest absolute Gasteiger partial charge is 0.166 e. The fourth-order valence-electron chi connectivity index (χ4n) is 1.83. The van der Waals surface area contributed by atoms with E-state index in [0.717, 1.165) is 24.4 Å². The molecule has 1 unspecified atom stereocenters. The highest BCUT2D eigenvalue weighted by Crippen LogP contribution is 2.37. The van der Waals surface area contributed by atoms with Crippen LogP contribution in [0.15, 0.2) is 18.3 Å².